The van der Waals surface area contributed by atoms with Crippen LogP contribution in [0.3, 0.4) is 0 Å². The highest BCUT2D eigenvalue weighted by atomic mass is 32.2. The summed E-state index contributed by atoms with van der Waals surface area (Å²) in [5.74, 6) is -1.78. The molecule has 4 heterocycles. The maximum absolute atomic E-state index is 16.1. The molecule has 2 saturated heterocycles. The van der Waals surface area contributed by atoms with E-state index in [2.05, 4.69) is 20.3 Å². The van der Waals surface area contributed by atoms with Crippen molar-refractivity contribution in [2.45, 2.75) is 58.5 Å². The molecule has 35 heavy (non-hydrogen) atoms. The van der Waals surface area contributed by atoms with Crippen molar-refractivity contribution in [2.75, 3.05) is 31.3 Å². The Labute approximate surface area is 205 Å². The molecule has 2 aromatic heterocycles. The van der Waals surface area contributed by atoms with Gasteiger partial charge in [0.05, 0.1) is 12.9 Å². The molecule has 4 rings (SSSR count). The number of phosphoric acid groups is 1. The van der Waals surface area contributed by atoms with E-state index in [1.807, 2.05) is 0 Å². The van der Waals surface area contributed by atoms with E-state index in [0.717, 1.165) is 18.7 Å². The van der Waals surface area contributed by atoms with E-state index >= 15 is 8.78 Å². The summed E-state index contributed by atoms with van der Waals surface area (Å²) in [5, 5.41) is 2.81. The number of rotatable bonds is 6. The summed E-state index contributed by atoms with van der Waals surface area (Å²) < 4.78 is 67.0. The van der Waals surface area contributed by atoms with Gasteiger partial charge >= 0.3 is 7.82 Å². The average molecular weight is 536 g/mol. The summed E-state index contributed by atoms with van der Waals surface area (Å²) in [5.41, 5.74) is -2.50. The number of nitrogens with zero attached hydrogens (tertiary/aromatic N) is 4. The Morgan fingerprint density at radius 3 is 2.77 bits per heavy atom. The molecule has 1 unspecified atom stereocenters. The highest BCUT2D eigenvalue weighted by Crippen LogP contribution is 2.63. The van der Waals surface area contributed by atoms with Crippen LogP contribution in [0.5, 0.6) is 0 Å². The van der Waals surface area contributed by atoms with E-state index in [1.165, 1.54) is 10.9 Å². The van der Waals surface area contributed by atoms with Gasteiger partial charge in [-0.1, -0.05) is 32.5 Å². The molecule has 0 saturated carbocycles. The number of anilines is 1. The van der Waals surface area contributed by atoms with Gasteiger partial charge in [-0.05, 0) is 13.8 Å². The number of carbonyl (C=O) groups excluding carboxylic acids is 1. The third kappa shape index (κ3) is 4.84. The number of thioether (sulfide) groups is 1. The van der Waals surface area contributed by atoms with E-state index in [0.29, 0.717) is 17.2 Å². The number of alkyl halides is 2. The molecule has 2 aromatic rings. The third-order valence-electron chi connectivity index (χ3n) is 5.55. The molecule has 1 N–H and O–H groups in total. The molecule has 5 atom stereocenters. The van der Waals surface area contributed by atoms with Crippen LogP contribution in [0.1, 0.15) is 39.7 Å². The van der Waals surface area contributed by atoms with Gasteiger partial charge in [-0.25, -0.2) is 28.3 Å². The van der Waals surface area contributed by atoms with Crippen LogP contribution in [0.4, 0.5) is 14.6 Å². The lowest BCUT2D eigenvalue weighted by Gasteiger charge is -2.36. The van der Waals surface area contributed by atoms with Crippen molar-refractivity contribution in [3.8, 4) is 0 Å². The molecule has 2 aliphatic rings. The Kier molecular flexibility index (Phi) is 6.78. The number of fused-ring (bicyclic) bond motifs is 2. The van der Waals surface area contributed by atoms with Crippen LogP contribution in [0, 0.1) is 12.3 Å². The van der Waals surface area contributed by atoms with E-state index in [-0.39, 0.29) is 23.1 Å². The Morgan fingerprint density at radius 1 is 1.40 bits per heavy atom. The predicted molar refractivity (Wildman–Crippen MR) is 124 cm³/mol. The maximum Gasteiger partial charge on any atom is 0.475 e. The molecule has 2 aliphatic heterocycles. The molecule has 0 spiro atoms. The first-order valence-electron chi connectivity index (χ1n) is 10.9. The molecular weight excluding hydrogens is 507 g/mol. The minimum Gasteiger partial charge on any atom is -0.371 e. The van der Waals surface area contributed by atoms with Crippen molar-refractivity contribution < 1.29 is 36.4 Å². The van der Waals surface area contributed by atoms with Crippen LogP contribution >= 0.6 is 19.6 Å². The number of imidazole rings is 1. The Balaban J connectivity index is 1.53. The van der Waals surface area contributed by atoms with Gasteiger partial charge in [0, 0.05) is 18.2 Å². The quantitative estimate of drug-likeness (QED) is 0.427. The van der Waals surface area contributed by atoms with Crippen LogP contribution in [0.15, 0.2) is 6.33 Å². The van der Waals surface area contributed by atoms with E-state index in [1.54, 1.807) is 34.7 Å². The third-order valence-corrected chi connectivity index (χ3v) is 8.21. The van der Waals surface area contributed by atoms with Crippen molar-refractivity contribution in [1.29, 1.82) is 0 Å². The first kappa shape index (κ1) is 26.4. The van der Waals surface area contributed by atoms with Crippen molar-refractivity contribution >= 4 is 41.7 Å². The van der Waals surface area contributed by atoms with Crippen molar-refractivity contribution in [1.82, 2.24) is 19.5 Å². The summed E-state index contributed by atoms with van der Waals surface area (Å²) in [6.07, 6.45) is -2.22. The zero-order chi connectivity index (χ0) is 25.8. The largest absolute Gasteiger partial charge is 0.475 e. The lowest BCUT2D eigenvalue weighted by Crippen LogP contribution is -2.51. The highest BCUT2D eigenvalue weighted by Gasteiger charge is 2.70. The predicted octanol–water partition coefficient (Wildman–Crippen LogP) is 3.95. The number of nitrogens with one attached hydrogen (secondary N) is 1. The van der Waals surface area contributed by atoms with Gasteiger partial charge in [-0.3, -0.25) is 22.9 Å². The fourth-order valence-corrected chi connectivity index (χ4v) is 6.17. The number of phosphoric ester groups is 1. The zero-order valence-electron chi connectivity index (χ0n) is 20.2. The molecule has 0 amide bonds. The van der Waals surface area contributed by atoms with Gasteiger partial charge in [0.2, 0.25) is 0 Å². The van der Waals surface area contributed by atoms with Gasteiger partial charge in [0.25, 0.3) is 5.85 Å². The molecule has 0 bridgehead atoms. The first-order valence-corrected chi connectivity index (χ1v) is 13.3. The topological polar surface area (TPSA) is 127 Å². The molecule has 0 aromatic carbocycles. The van der Waals surface area contributed by atoms with Crippen molar-refractivity contribution in [3.63, 3.8) is 0 Å². The number of ether oxygens (including phenoxy) is 1. The molecule has 11 nitrogen and oxygen atoms in total. The van der Waals surface area contributed by atoms with Crippen molar-refractivity contribution in [2.24, 2.45) is 5.41 Å². The minimum atomic E-state index is -4.32. The minimum absolute atomic E-state index is 0.0796. The average Bonchev–Trinajstić information content (AvgIpc) is 3.26. The Hall–Kier alpha value is -1.70. The van der Waals surface area contributed by atoms with Gasteiger partial charge in [-0.2, -0.15) is 0 Å². The van der Waals surface area contributed by atoms with Crippen LogP contribution in [0.25, 0.3) is 11.2 Å². The van der Waals surface area contributed by atoms with Gasteiger partial charge < -0.3 is 10.1 Å². The molecule has 0 aliphatic carbocycles. The summed E-state index contributed by atoms with van der Waals surface area (Å²) in [4.78, 5) is 24.8. The highest BCUT2D eigenvalue weighted by molar-refractivity contribution is 8.13. The number of carbonyl (C=O) groups is 1. The molecule has 194 valence electrons. The first-order chi connectivity index (χ1) is 16.2. The van der Waals surface area contributed by atoms with Crippen LogP contribution in [-0.4, -0.2) is 68.3 Å². The summed E-state index contributed by atoms with van der Waals surface area (Å²) >= 11 is 0.997. The van der Waals surface area contributed by atoms with E-state index in [9.17, 15) is 9.36 Å². The summed E-state index contributed by atoms with van der Waals surface area (Å²) in [6, 6.07) is 0. The second kappa shape index (κ2) is 9.00. The number of aryl methyl sites for hydroxylation is 1. The Bertz CT molecular complexity index is 1190. The SMILES string of the molecule is CNc1nc(C)nc2c1ncn2[C@@H]1O[C@]2(F)COP(=O)(OCCSC(=O)C(C)(C)C)O[C@H]2[C@@]1(C)F. The van der Waals surface area contributed by atoms with Gasteiger partial charge in [0.1, 0.15) is 12.4 Å². The van der Waals surface area contributed by atoms with Crippen LogP contribution in [0.2, 0.25) is 0 Å². The van der Waals surface area contributed by atoms with Gasteiger partial charge in [-0.15, -0.1) is 0 Å². The molecule has 15 heteroatoms. The molecular formula is C20H28F2N5O6PS. The number of hydrogen-bond acceptors (Lipinski definition) is 11. The van der Waals surface area contributed by atoms with Gasteiger partial charge in [0.15, 0.2) is 40.1 Å². The molecule has 2 fully saturated rings. The van der Waals surface area contributed by atoms with Crippen LogP contribution < -0.4 is 5.32 Å². The monoisotopic (exact) mass is 535 g/mol. The number of aromatic nitrogens is 4. The maximum atomic E-state index is 16.1. The fraction of sp³-hybridized carbons (Fsp3) is 0.700. The number of hydrogen-bond donors (Lipinski definition) is 1. The second-order valence-electron chi connectivity index (χ2n) is 9.53. The smallest absolute Gasteiger partial charge is 0.371 e. The van der Waals surface area contributed by atoms with Crippen LogP contribution in [-0.2, 0) is 27.7 Å². The van der Waals surface area contributed by atoms with Crippen molar-refractivity contribution in [3.05, 3.63) is 12.2 Å². The standard InChI is InChI=1S/C20H28F2N5O6PS/c1-11-25-13(23-6)12-14(26-11)27(10-24-12)16-19(5,21)15-20(22,32-16)9-31-34(29,33-15)30-7-8-35-17(28)18(2,3)4/h10,15-16H,7-9H2,1-6H3,(H,23,25,26)/t15-,16+,19+,20+,34?/m0/s1. The molecule has 0 radical (unpaired) electrons. The Morgan fingerprint density at radius 2 is 2.11 bits per heavy atom. The second-order valence-corrected chi connectivity index (χ2v) is 12.2. The fourth-order valence-electron chi connectivity index (χ4n) is 3.80. The summed E-state index contributed by atoms with van der Waals surface area (Å²) in [6.45, 7) is 6.99. The van der Waals surface area contributed by atoms with E-state index < -0.39 is 43.7 Å². The van der Waals surface area contributed by atoms with E-state index in [4.69, 9.17) is 18.3 Å². The zero-order valence-corrected chi connectivity index (χ0v) is 21.9. The lowest BCUT2D eigenvalue weighted by molar-refractivity contribution is -0.219. The number of halogens is 2. The summed E-state index contributed by atoms with van der Waals surface area (Å²) in [7, 11) is -2.67. The normalized spacial score (nSPS) is 33.1. The lowest BCUT2D eigenvalue weighted by atomic mass is 9.97.